The van der Waals surface area contributed by atoms with Crippen molar-refractivity contribution in [3.8, 4) is 17.0 Å². The number of carbonyl (C=O) groups is 4. The number of unbranched alkanes of at least 4 members (excludes halogenated alkanes) is 8. The number of imide groups is 2. The van der Waals surface area contributed by atoms with Crippen molar-refractivity contribution in [2.45, 2.75) is 76.7 Å². The first-order valence-corrected chi connectivity index (χ1v) is 24.1. The van der Waals surface area contributed by atoms with Crippen LogP contribution in [0.3, 0.4) is 0 Å². The van der Waals surface area contributed by atoms with Crippen LogP contribution in [0.5, 0.6) is 5.75 Å². The van der Waals surface area contributed by atoms with Crippen molar-refractivity contribution >= 4 is 62.2 Å². The third-order valence-corrected chi connectivity index (χ3v) is 12.6. The predicted octanol–water partition coefficient (Wildman–Crippen LogP) is 6.62. The lowest BCUT2D eigenvalue weighted by molar-refractivity contribution is -0.136. The normalized spacial score (nSPS) is 16.9. The van der Waals surface area contributed by atoms with Crippen LogP contribution in [0.15, 0.2) is 85.1 Å². The number of nitrogens with one attached hydrogen (secondary N) is 3. The first-order valence-electron chi connectivity index (χ1n) is 22.3. The van der Waals surface area contributed by atoms with E-state index in [-0.39, 0.29) is 24.0 Å². The largest absolute Gasteiger partial charge is 0.493 e. The number of sulfonamides is 1. The molecule has 1 unspecified atom stereocenters. The molecule has 4 amide bonds. The lowest BCUT2D eigenvalue weighted by Crippen LogP contribution is -2.54. The molecule has 2 saturated heterocycles. The molecule has 0 aliphatic carbocycles. The zero-order chi connectivity index (χ0) is 44.6. The van der Waals surface area contributed by atoms with Gasteiger partial charge in [-0.2, -0.15) is 0 Å². The van der Waals surface area contributed by atoms with E-state index < -0.39 is 39.7 Å². The molecule has 2 aromatic heterocycles. The van der Waals surface area contributed by atoms with Crippen LogP contribution in [0.25, 0.3) is 16.8 Å². The summed E-state index contributed by atoms with van der Waals surface area (Å²) < 4.78 is 33.8. The molecule has 3 N–H and O–H groups in total. The van der Waals surface area contributed by atoms with Crippen molar-refractivity contribution in [3.63, 3.8) is 0 Å². The molecule has 2 fully saturated rings. The highest BCUT2D eigenvalue weighted by Gasteiger charge is 2.46. The average molecular weight is 890 g/mol. The Bertz CT molecular complexity index is 2610. The molecule has 3 aromatic carbocycles. The zero-order valence-electron chi connectivity index (χ0n) is 36.1. The fourth-order valence-electron chi connectivity index (χ4n) is 8.71. The molecule has 3 aliphatic rings. The number of aromatic nitrogens is 3. The van der Waals surface area contributed by atoms with Gasteiger partial charge in [-0.25, -0.2) is 17.9 Å². The molecule has 8 rings (SSSR count). The minimum absolute atomic E-state index is 0.0812. The Balaban J connectivity index is 0.680. The molecule has 3 aliphatic heterocycles. The van der Waals surface area contributed by atoms with Gasteiger partial charge in [0, 0.05) is 55.2 Å². The third-order valence-electron chi connectivity index (χ3n) is 12.0. The van der Waals surface area contributed by atoms with Gasteiger partial charge in [-0.3, -0.25) is 39.0 Å². The molecule has 5 aromatic rings. The Morgan fingerprint density at radius 3 is 2.23 bits per heavy atom. The number of nitrogens with zero attached hydrogens (tertiary/aromatic N) is 6. The van der Waals surface area contributed by atoms with E-state index in [1.54, 1.807) is 47.1 Å². The van der Waals surface area contributed by atoms with Crippen LogP contribution in [0, 0.1) is 0 Å². The highest BCUT2D eigenvalue weighted by molar-refractivity contribution is 7.92. The van der Waals surface area contributed by atoms with Gasteiger partial charge in [-0.15, -0.1) is 5.10 Å². The van der Waals surface area contributed by atoms with E-state index in [2.05, 4.69) is 42.3 Å². The number of fused-ring (bicyclic) bond motifs is 2. The summed E-state index contributed by atoms with van der Waals surface area (Å²) in [7, 11) is -3.40. The summed E-state index contributed by atoms with van der Waals surface area (Å²) in [6, 6.07) is 23.4. The molecule has 0 bridgehead atoms. The Kier molecular flexibility index (Phi) is 13.9. The molecule has 0 saturated carbocycles. The van der Waals surface area contributed by atoms with E-state index in [4.69, 9.17) is 9.84 Å². The predicted molar refractivity (Wildman–Crippen MR) is 245 cm³/mol. The molecule has 0 radical (unpaired) electrons. The molecule has 0 spiro atoms. The smallest absolute Gasteiger partial charge is 0.266 e. The number of ether oxygens (including phenoxy) is 1. The van der Waals surface area contributed by atoms with Crippen LogP contribution < -0.4 is 25.0 Å². The van der Waals surface area contributed by atoms with Crippen molar-refractivity contribution < 1.29 is 32.3 Å². The molecular formula is C47H55N9O7S. The van der Waals surface area contributed by atoms with E-state index in [1.165, 1.54) is 44.2 Å². The highest BCUT2D eigenvalue weighted by atomic mass is 32.2. The first-order chi connectivity index (χ1) is 31.0. The maximum atomic E-state index is 13.3. The SMILES string of the molecule is CS(=O)(=O)Nc1cccc(-c2ccc3cnc(Nc4ccc(N5CCN(CCCCCCCCCCCOc6cccc7c6C(=O)N(C6CCC(=O)NC6=O)C7=O)CC5)cc4)nn23)c1. The second-order valence-corrected chi connectivity index (χ2v) is 18.5. The van der Waals surface area contributed by atoms with Gasteiger partial charge >= 0.3 is 0 Å². The fourth-order valence-corrected chi connectivity index (χ4v) is 9.26. The van der Waals surface area contributed by atoms with Gasteiger partial charge in [0.25, 0.3) is 11.8 Å². The van der Waals surface area contributed by atoms with Gasteiger partial charge in [0.15, 0.2) is 0 Å². The number of piperidine rings is 1. The van der Waals surface area contributed by atoms with Gasteiger partial charge in [-0.05, 0) is 86.5 Å². The van der Waals surface area contributed by atoms with Crippen LogP contribution in [-0.4, -0.2) is 108 Å². The molecule has 1 atom stereocenters. The molecule has 336 valence electrons. The molecular weight excluding hydrogens is 835 g/mol. The second kappa shape index (κ2) is 20.0. The van der Waals surface area contributed by atoms with Gasteiger partial charge in [0.05, 0.1) is 41.4 Å². The summed E-state index contributed by atoms with van der Waals surface area (Å²) >= 11 is 0. The summed E-state index contributed by atoms with van der Waals surface area (Å²) in [5, 5.41) is 10.3. The van der Waals surface area contributed by atoms with Crippen LogP contribution >= 0.6 is 0 Å². The summed E-state index contributed by atoms with van der Waals surface area (Å²) in [5.74, 6) is -1.29. The monoisotopic (exact) mass is 889 g/mol. The van der Waals surface area contributed by atoms with E-state index in [0.29, 0.717) is 24.0 Å². The van der Waals surface area contributed by atoms with Crippen LogP contribution in [0.2, 0.25) is 0 Å². The molecule has 5 heterocycles. The second-order valence-electron chi connectivity index (χ2n) is 16.7. The minimum atomic E-state index is -3.40. The number of anilines is 4. The fraction of sp³-hybridized carbons (Fsp3) is 0.404. The van der Waals surface area contributed by atoms with Gasteiger partial charge in [-0.1, -0.05) is 63.1 Å². The number of hydrogen-bond acceptors (Lipinski definition) is 12. The van der Waals surface area contributed by atoms with E-state index in [0.717, 1.165) is 85.6 Å². The minimum Gasteiger partial charge on any atom is -0.493 e. The van der Waals surface area contributed by atoms with Crippen LogP contribution in [-0.2, 0) is 19.6 Å². The van der Waals surface area contributed by atoms with E-state index in [9.17, 15) is 27.6 Å². The summed E-state index contributed by atoms with van der Waals surface area (Å²) in [6.45, 7) is 5.64. The Hall–Kier alpha value is -6.33. The summed E-state index contributed by atoms with van der Waals surface area (Å²) in [5.41, 5.74) is 5.45. The topological polar surface area (TPSA) is 188 Å². The Morgan fingerprint density at radius 2 is 1.50 bits per heavy atom. The number of benzene rings is 3. The average Bonchev–Trinajstić information content (AvgIpc) is 3.81. The number of rotatable bonds is 20. The lowest BCUT2D eigenvalue weighted by Gasteiger charge is -2.36. The first kappa shape index (κ1) is 44.3. The maximum absolute atomic E-state index is 13.3. The highest BCUT2D eigenvalue weighted by Crippen LogP contribution is 2.34. The number of piperazine rings is 1. The van der Waals surface area contributed by atoms with Gasteiger partial charge in [0.2, 0.25) is 27.8 Å². The number of hydrogen-bond donors (Lipinski definition) is 3. The Labute approximate surface area is 373 Å². The third kappa shape index (κ3) is 10.7. The maximum Gasteiger partial charge on any atom is 0.266 e. The quantitative estimate of drug-likeness (QED) is 0.0561. The zero-order valence-corrected chi connectivity index (χ0v) is 36.9. The van der Waals surface area contributed by atoms with Crippen molar-refractivity contribution in [1.29, 1.82) is 0 Å². The van der Waals surface area contributed by atoms with Crippen LogP contribution in [0.4, 0.5) is 23.0 Å². The standard InChI is InChI=1S/C47H55N9O7S/c1-64(61,62)52-35-14-11-13-33(31-35)39-22-21-37-32-48-47(51-56(37)39)49-34-17-19-36(20-18-34)54-28-26-53(27-29-54)25-9-7-5-3-2-4-6-8-10-30-63-41-16-12-15-38-43(41)46(60)55(45(38)59)40-23-24-42(57)50-44(40)58/h11-22,31-32,40,52H,2-10,23-30H2,1H3,(H,49,51)(H,50,57,58). The van der Waals surface area contributed by atoms with Gasteiger partial charge < -0.3 is 15.0 Å². The van der Waals surface area contributed by atoms with Crippen molar-refractivity contribution in [2.75, 3.05) is 60.5 Å². The van der Waals surface area contributed by atoms with Gasteiger partial charge in [0.1, 0.15) is 11.8 Å². The Morgan fingerprint density at radius 1 is 0.781 bits per heavy atom. The van der Waals surface area contributed by atoms with Crippen LogP contribution in [0.1, 0.15) is 91.3 Å². The number of amides is 4. The van der Waals surface area contributed by atoms with Crippen molar-refractivity contribution in [3.05, 3.63) is 96.2 Å². The molecule has 17 heteroatoms. The summed E-state index contributed by atoms with van der Waals surface area (Å²) in [6.07, 6.45) is 13.4. The molecule has 16 nitrogen and oxygen atoms in total. The molecule has 64 heavy (non-hydrogen) atoms. The van der Waals surface area contributed by atoms with Crippen molar-refractivity contribution in [1.82, 2.24) is 29.7 Å². The van der Waals surface area contributed by atoms with E-state index in [1.807, 2.05) is 30.3 Å². The summed E-state index contributed by atoms with van der Waals surface area (Å²) in [4.78, 5) is 60.8. The lowest BCUT2D eigenvalue weighted by atomic mass is 10.0. The van der Waals surface area contributed by atoms with Crippen molar-refractivity contribution in [2.24, 2.45) is 0 Å². The number of carbonyl (C=O) groups excluding carboxylic acids is 4. The van der Waals surface area contributed by atoms with E-state index >= 15 is 0 Å².